The highest BCUT2D eigenvalue weighted by molar-refractivity contribution is 6.36. The number of para-hydroxylation sites is 1. The average Bonchev–Trinajstić information content (AvgIpc) is 3.20. The van der Waals surface area contributed by atoms with Gasteiger partial charge in [-0.05, 0) is 23.3 Å². The van der Waals surface area contributed by atoms with Crippen LogP contribution in [0, 0.1) is 17.3 Å². The molecule has 0 N–H and O–H groups in total. The molecule has 0 aromatic heterocycles. The number of carbonyl (C=O) groups excluding carboxylic acids is 3. The molecule has 4 atom stereocenters. The number of hydrogen-bond acceptors (Lipinski definition) is 5. The van der Waals surface area contributed by atoms with Crippen molar-refractivity contribution in [1.29, 1.82) is 0 Å². The number of imide groups is 1. The van der Waals surface area contributed by atoms with Gasteiger partial charge in [0, 0.05) is 5.41 Å². The van der Waals surface area contributed by atoms with E-state index >= 15 is 0 Å². The van der Waals surface area contributed by atoms with E-state index < -0.39 is 35.2 Å². The van der Waals surface area contributed by atoms with Gasteiger partial charge in [0.2, 0.25) is 11.8 Å². The number of anilines is 1. The van der Waals surface area contributed by atoms with Crippen molar-refractivity contribution in [3.05, 3.63) is 64.7 Å². The molecule has 0 aliphatic carbocycles. The van der Waals surface area contributed by atoms with Gasteiger partial charge in [-0.25, -0.2) is 4.90 Å². The van der Waals surface area contributed by atoms with Gasteiger partial charge in [0.1, 0.15) is 6.04 Å². The van der Waals surface area contributed by atoms with Crippen molar-refractivity contribution >= 4 is 41.1 Å². The van der Waals surface area contributed by atoms with E-state index in [0.29, 0.717) is 10.7 Å². The summed E-state index contributed by atoms with van der Waals surface area (Å²) >= 11 is 6.33. The lowest BCUT2D eigenvalue weighted by molar-refractivity contribution is -0.136. The number of benzene rings is 2. The van der Waals surface area contributed by atoms with Crippen molar-refractivity contribution in [3.8, 4) is 0 Å². The van der Waals surface area contributed by atoms with Gasteiger partial charge < -0.3 is 0 Å². The van der Waals surface area contributed by atoms with Crippen LogP contribution in [0.2, 0.25) is 5.02 Å². The minimum Gasteiger partial charge on any atom is -0.297 e. The van der Waals surface area contributed by atoms with E-state index in [-0.39, 0.29) is 11.7 Å². The van der Waals surface area contributed by atoms with Gasteiger partial charge in [0.05, 0.1) is 34.8 Å². The number of rotatable bonds is 2. The molecule has 2 fully saturated rings. The van der Waals surface area contributed by atoms with E-state index in [4.69, 9.17) is 11.6 Å². The minimum atomic E-state index is -0.816. The van der Waals surface area contributed by atoms with Crippen LogP contribution in [-0.2, 0) is 14.4 Å². The largest absolute Gasteiger partial charge is 0.297 e. The number of hydrogen-bond donors (Lipinski definition) is 0. The van der Waals surface area contributed by atoms with Gasteiger partial charge >= 0.3 is 0 Å². The quantitative estimate of drug-likeness (QED) is 0.672. The molecule has 0 radical (unpaired) electrons. The van der Waals surface area contributed by atoms with Crippen LogP contribution in [0.15, 0.2) is 53.6 Å². The van der Waals surface area contributed by atoms with E-state index in [2.05, 4.69) is 5.10 Å². The van der Waals surface area contributed by atoms with E-state index in [9.17, 15) is 14.4 Å². The van der Waals surface area contributed by atoms with Gasteiger partial charge in [-0.3, -0.25) is 19.4 Å². The number of carbonyl (C=O) groups is 3. The van der Waals surface area contributed by atoms with E-state index in [0.717, 1.165) is 11.1 Å². The minimum absolute atomic E-state index is 0.108. The average molecular weight is 436 g/mol. The third kappa shape index (κ3) is 2.78. The molecule has 0 spiro atoms. The Bertz CT molecular complexity index is 1150. The molecule has 5 rings (SSSR count). The summed E-state index contributed by atoms with van der Waals surface area (Å²) in [7, 11) is 0. The summed E-state index contributed by atoms with van der Waals surface area (Å²) in [5.74, 6) is -2.37. The predicted octanol–water partition coefficient (Wildman–Crippen LogP) is 3.83. The Kier molecular flexibility index (Phi) is 4.35. The maximum atomic E-state index is 13.7. The second-order valence-electron chi connectivity index (χ2n) is 9.27. The van der Waals surface area contributed by atoms with Crippen LogP contribution in [0.4, 0.5) is 5.69 Å². The Morgan fingerprint density at radius 3 is 2.32 bits per heavy atom. The molecule has 2 saturated heterocycles. The number of hydrazone groups is 1. The van der Waals surface area contributed by atoms with Gasteiger partial charge in [0.25, 0.3) is 0 Å². The van der Waals surface area contributed by atoms with Gasteiger partial charge in [0.15, 0.2) is 5.78 Å². The summed E-state index contributed by atoms with van der Waals surface area (Å²) in [5.41, 5.74) is 1.45. The molecule has 31 heavy (non-hydrogen) atoms. The molecule has 0 bridgehead atoms. The van der Waals surface area contributed by atoms with Crippen molar-refractivity contribution in [2.24, 2.45) is 22.4 Å². The molecule has 0 unspecified atom stereocenters. The van der Waals surface area contributed by atoms with E-state index in [1.165, 1.54) is 4.90 Å². The van der Waals surface area contributed by atoms with Crippen LogP contribution >= 0.6 is 11.6 Å². The van der Waals surface area contributed by atoms with Gasteiger partial charge in [-0.2, -0.15) is 5.10 Å². The smallest absolute Gasteiger partial charge is 0.240 e. The number of amides is 2. The van der Waals surface area contributed by atoms with Crippen LogP contribution in [0.3, 0.4) is 0 Å². The Morgan fingerprint density at radius 2 is 1.61 bits per heavy atom. The lowest BCUT2D eigenvalue weighted by atomic mass is 9.79. The Balaban J connectivity index is 1.69. The SMILES string of the molecule is CC(C)(C)C(=O)[C@@H]1[C@H]2C(=O)N(c3ccccc3Cl)C(=O)[C@@H]2[C@H]2c3ccccc3C=NN12. The van der Waals surface area contributed by atoms with Gasteiger partial charge in [-0.15, -0.1) is 0 Å². The van der Waals surface area contributed by atoms with E-state index in [1.807, 2.05) is 45.0 Å². The number of fused-ring (bicyclic) bond motifs is 5. The zero-order chi connectivity index (χ0) is 22.1. The molecule has 7 heteroatoms. The fourth-order valence-corrected chi connectivity index (χ4v) is 5.20. The number of halogens is 1. The lowest BCUT2D eigenvalue weighted by Crippen LogP contribution is -2.48. The van der Waals surface area contributed by atoms with Crippen molar-refractivity contribution in [2.75, 3.05) is 4.90 Å². The van der Waals surface area contributed by atoms with Crippen molar-refractivity contribution in [2.45, 2.75) is 32.9 Å². The molecule has 3 heterocycles. The first-order valence-electron chi connectivity index (χ1n) is 10.3. The monoisotopic (exact) mass is 435 g/mol. The molecule has 6 nitrogen and oxygen atoms in total. The first-order valence-corrected chi connectivity index (χ1v) is 10.7. The summed E-state index contributed by atoms with van der Waals surface area (Å²) in [6.45, 7) is 5.48. The number of Topliss-reactive ketones (excluding diaryl/α,β-unsaturated/α-hetero) is 1. The fourth-order valence-electron chi connectivity index (χ4n) is 4.98. The number of nitrogens with zero attached hydrogens (tertiary/aromatic N) is 3. The Labute approximate surface area is 185 Å². The molecular formula is C24H22ClN3O3. The molecular weight excluding hydrogens is 414 g/mol. The second kappa shape index (κ2) is 6.76. The number of ketones is 1. The first-order chi connectivity index (χ1) is 14.7. The topological polar surface area (TPSA) is 70.0 Å². The molecule has 158 valence electrons. The third-order valence-corrected chi connectivity index (χ3v) is 6.71. The fraction of sp³-hybridized carbons (Fsp3) is 0.333. The van der Waals surface area contributed by atoms with Gasteiger partial charge in [-0.1, -0.05) is 68.8 Å². The summed E-state index contributed by atoms with van der Waals surface area (Å²) in [6.07, 6.45) is 1.70. The molecule has 3 aliphatic heterocycles. The second-order valence-corrected chi connectivity index (χ2v) is 9.68. The Morgan fingerprint density at radius 1 is 0.968 bits per heavy atom. The lowest BCUT2D eigenvalue weighted by Gasteiger charge is -2.35. The zero-order valence-electron chi connectivity index (χ0n) is 17.4. The third-order valence-electron chi connectivity index (χ3n) is 6.39. The Hall–Kier alpha value is -2.99. The summed E-state index contributed by atoms with van der Waals surface area (Å²) in [6, 6.07) is 13.2. The highest BCUT2D eigenvalue weighted by Gasteiger charge is 2.66. The van der Waals surface area contributed by atoms with Crippen molar-refractivity contribution in [1.82, 2.24) is 5.01 Å². The van der Waals surface area contributed by atoms with Crippen LogP contribution in [0.1, 0.15) is 37.9 Å². The highest BCUT2D eigenvalue weighted by atomic mass is 35.5. The molecule has 3 aliphatic rings. The van der Waals surface area contributed by atoms with Crippen LogP contribution < -0.4 is 4.90 Å². The zero-order valence-corrected chi connectivity index (χ0v) is 18.2. The maximum absolute atomic E-state index is 13.7. The maximum Gasteiger partial charge on any atom is 0.240 e. The molecule has 2 aromatic carbocycles. The molecule has 2 amide bonds. The summed E-state index contributed by atoms with van der Waals surface area (Å²) in [4.78, 5) is 42.0. The van der Waals surface area contributed by atoms with E-state index in [1.54, 1.807) is 35.5 Å². The molecule has 2 aromatic rings. The van der Waals surface area contributed by atoms with Crippen LogP contribution in [-0.4, -0.2) is 34.9 Å². The van der Waals surface area contributed by atoms with Crippen molar-refractivity contribution in [3.63, 3.8) is 0 Å². The van der Waals surface area contributed by atoms with Crippen molar-refractivity contribution < 1.29 is 14.4 Å². The predicted molar refractivity (Wildman–Crippen MR) is 118 cm³/mol. The highest BCUT2D eigenvalue weighted by Crippen LogP contribution is 2.54. The van der Waals surface area contributed by atoms with Crippen LogP contribution in [0.25, 0.3) is 0 Å². The van der Waals surface area contributed by atoms with Crippen LogP contribution in [0.5, 0.6) is 0 Å². The normalized spacial score (nSPS) is 26.7. The summed E-state index contributed by atoms with van der Waals surface area (Å²) < 4.78 is 0. The summed E-state index contributed by atoms with van der Waals surface area (Å²) in [5, 5.41) is 6.56. The molecule has 0 saturated carbocycles. The first kappa shape index (κ1) is 19.9. The standard InChI is InChI=1S/C24H22ClN3O3/c1-24(2,3)21(29)20-18-17(19-14-9-5-4-8-13(14)12-26-28(19)20)22(30)27(23(18)31)16-11-7-6-10-15(16)25/h4-12,17-20H,1-3H3/t17-,18-,19+,20-/m0/s1.